The first-order valence-corrected chi connectivity index (χ1v) is 6.22. The SMILES string of the molecule is C=Cc1ccc(CON=Cc2ccccc2C)cc1. The van der Waals surface area contributed by atoms with Gasteiger partial charge in [0.2, 0.25) is 0 Å². The van der Waals surface area contributed by atoms with Crippen molar-refractivity contribution in [3.05, 3.63) is 77.4 Å². The molecule has 2 heteroatoms. The predicted molar refractivity (Wildman–Crippen MR) is 80.1 cm³/mol. The van der Waals surface area contributed by atoms with Crippen LogP contribution in [0.4, 0.5) is 0 Å². The number of rotatable bonds is 5. The number of oxime groups is 1. The minimum atomic E-state index is 0.472. The van der Waals surface area contributed by atoms with Gasteiger partial charge in [-0.1, -0.05) is 66.3 Å². The van der Waals surface area contributed by atoms with Crippen LogP contribution in [0.3, 0.4) is 0 Å². The van der Waals surface area contributed by atoms with E-state index in [1.54, 1.807) is 6.21 Å². The molecule has 0 saturated heterocycles. The molecular formula is C17H17NO. The van der Waals surface area contributed by atoms with Gasteiger partial charge < -0.3 is 4.84 Å². The van der Waals surface area contributed by atoms with E-state index in [0.29, 0.717) is 6.61 Å². The molecule has 0 spiro atoms. The van der Waals surface area contributed by atoms with Crippen LogP contribution in [-0.4, -0.2) is 6.21 Å². The lowest BCUT2D eigenvalue weighted by molar-refractivity contribution is 0.132. The molecule has 0 bridgehead atoms. The highest BCUT2D eigenvalue weighted by atomic mass is 16.6. The van der Waals surface area contributed by atoms with E-state index in [0.717, 1.165) is 16.7 Å². The number of nitrogens with zero attached hydrogens (tertiary/aromatic N) is 1. The van der Waals surface area contributed by atoms with Crippen molar-refractivity contribution in [1.29, 1.82) is 0 Å². The molecule has 0 amide bonds. The second kappa shape index (κ2) is 6.55. The minimum absolute atomic E-state index is 0.472. The first-order chi connectivity index (χ1) is 9.29. The summed E-state index contributed by atoms with van der Waals surface area (Å²) in [6.07, 6.45) is 3.56. The third kappa shape index (κ3) is 3.81. The van der Waals surface area contributed by atoms with Crippen molar-refractivity contribution >= 4 is 12.3 Å². The largest absolute Gasteiger partial charge is 0.391 e. The smallest absolute Gasteiger partial charge is 0.142 e. The van der Waals surface area contributed by atoms with Gasteiger partial charge in [-0.25, -0.2) is 0 Å². The molecule has 0 heterocycles. The third-order valence-corrected chi connectivity index (χ3v) is 2.90. The molecule has 2 rings (SSSR count). The number of aryl methyl sites for hydroxylation is 1. The van der Waals surface area contributed by atoms with Gasteiger partial charge in [-0.05, 0) is 29.2 Å². The normalized spacial score (nSPS) is 10.6. The van der Waals surface area contributed by atoms with Crippen LogP contribution in [0, 0.1) is 6.92 Å². The summed E-state index contributed by atoms with van der Waals surface area (Å²) in [5.41, 5.74) is 4.45. The van der Waals surface area contributed by atoms with Crippen molar-refractivity contribution < 1.29 is 4.84 Å². The molecule has 19 heavy (non-hydrogen) atoms. The van der Waals surface area contributed by atoms with Crippen LogP contribution in [0.5, 0.6) is 0 Å². The lowest BCUT2D eigenvalue weighted by atomic mass is 10.1. The van der Waals surface area contributed by atoms with Crippen LogP contribution >= 0.6 is 0 Å². The van der Waals surface area contributed by atoms with Crippen LogP contribution in [0.25, 0.3) is 6.08 Å². The number of hydrogen-bond acceptors (Lipinski definition) is 2. The highest BCUT2D eigenvalue weighted by Gasteiger charge is 1.94. The van der Waals surface area contributed by atoms with Gasteiger partial charge in [-0.15, -0.1) is 0 Å². The molecule has 0 radical (unpaired) electrons. The van der Waals surface area contributed by atoms with Crippen LogP contribution in [0.2, 0.25) is 0 Å². The average Bonchev–Trinajstić information content (AvgIpc) is 2.46. The van der Waals surface area contributed by atoms with Crippen LogP contribution < -0.4 is 0 Å². The highest BCUT2D eigenvalue weighted by Crippen LogP contribution is 2.07. The molecule has 2 nitrogen and oxygen atoms in total. The monoisotopic (exact) mass is 251 g/mol. The van der Waals surface area contributed by atoms with E-state index in [9.17, 15) is 0 Å². The molecule has 0 fully saturated rings. The summed E-state index contributed by atoms with van der Waals surface area (Å²) < 4.78 is 0. The lowest BCUT2D eigenvalue weighted by Crippen LogP contribution is -1.90. The summed E-state index contributed by atoms with van der Waals surface area (Å²) in [5.74, 6) is 0. The van der Waals surface area contributed by atoms with Gasteiger partial charge in [0.15, 0.2) is 0 Å². The summed E-state index contributed by atoms with van der Waals surface area (Å²) in [6.45, 7) is 6.25. The Morgan fingerprint density at radius 2 is 1.84 bits per heavy atom. The van der Waals surface area contributed by atoms with Crippen molar-refractivity contribution in [3.8, 4) is 0 Å². The van der Waals surface area contributed by atoms with E-state index in [2.05, 4.69) is 24.7 Å². The van der Waals surface area contributed by atoms with Gasteiger partial charge in [0.25, 0.3) is 0 Å². The van der Waals surface area contributed by atoms with Gasteiger partial charge in [-0.3, -0.25) is 0 Å². The van der Waals surface area contributed by atoms with E-state index in [1.807, 2.05) is 48.5 Å². The Labute approximate surface area is 114 Å². The second-order valence-corrected chi connectivity index (χ2v) is 4.31. The Hall–Kier alpha value is -2.35. The molecule has 0 atom stereocenters. The predicted octanol–water partition coefficient (Wildman–Crippen LogP) is 4.19. The molecule has 2 aromatic carbocycles. The van der Waals surface area contributed by atoms with Crippen molar-refractivity contribution in [2.75, 3.05) is 0 Å². The maximum absolute atomic E-state index is 5.30. The summed E-state index contributed by atoms with van der Waals surface area (Å²) in [7, 11) is 0. The Morgan fingerprint density at radius 3 is 2.53 bits per heavy atom. The van der Waals surface area contributed by atoms with Gasteiger partial charge in [0, 0.05) is 0 Å². The highest BCUT2D eigenvalue weighted by molar-refractivity contribution is 5.81. The molecule has 0 unspecified atom stereocenters. The van der Waals surface area contributed by atoms with E-state index < -0.39 is 0 Å². The van der Waals surface area contributed by atoms with Gasteiger partial charge in [0.1, 0.15) is 6.61 Å². The third-order valence-electron chi connectivity index (χ3n) is 2.90. The first kappa shape index (κ1) is 13.1. The fraction of sp³-hybridized carbons (Fsp3) is 0.118. The zero-order valence-electron chi connectivity index (χ0n) is 11.0. The number of hydrogen-bond donors (Lipinski definition) is 0. The van der Waals surface area contributed by atoms with Crippen LogP contribution in [0.15, 0.2) is 60.3 Å². The zero-order chi connectivity index (χ0) is 13.5. The molecule has 0 aromatic heterocycles. The minimum Gasteiger partial charge on any atom is -0.391 e. The summed E-state index contributed by atoms with van der Waals surface area (Å²) in [4.78, 5) is 5.30. The van der Waals surface area contributed by atoms with E-state index >= 15 is 0 Å². The molecule has 96 valence electrons. The topological polar surface area (TPSA) is 21.6 Å². The van der Waals surface area contributed by atoms with E-state index in [-0.39, 0.29) is 0 Å². The fourth-order valence-corrected chi connectivity index (χ4v) is 1.69. The molecule has 0 saturated carbocycles. The molecular weight excluding hydrogens is 234 g/mol. The maximum atomic E-state index is 5.30. The molecule has 2 aromatic rings. The maximum Gasteiger partial charge on any atom is 0.142 e. The van der Waals surface area contributed by atoms with E-state index in [1.165, 1.54) is 5.56 Å². The summed E-state index contributed by atoms with van der Waals surface area (Å²) in [6, 6.07) is 16.1. The Kier molecular flexibility index (Phi) is 4.51. The average molecular weight is 251 g/mol. The van der Waals surface area contributed by atoms with Crippen molar-refractivity contribution in [1.82, 2.24) is 0 Å². The zero-order valence-corrected chi connectivity index (χ0v) is 11.0. The van der Waals surface area contributed by atoms with Gasteiger partial charge >= 0.3 is 0 Å². The van der Waals surface area contributed by atoms with Gasteiger partial charge in [-0.2, -0.15) is 0 Å². The Morgan fingerprint density at radius 1 is 1.11 bits per heavy atom. The standard InChI is InChI=1S/C17H17NO/c1-3-15-8-10-16(11-9-15)13-19-18-12-17-7-5-4-6-14(17)2/h3-12H,1,13H2,2H3. The summed E-state index contributed by atoms with van der Waals surface area (Å²) in [5, 5.41) is 4.00. The Bertz CT molecular complexity index is 570. The lowest BCUT2D eigenvalue weighted by Gasteiger charge is -2.01. The quantitative estimate of drug-likeness (QED) is 0.577. The Balaban J connectivity index is 1.89. The van der Waals surface area contributed by atoms with Crippen molar-refractivity contribution in [3.63, 3.8) is 0 Å². The van der Waals surface area contributed by atoms with Crippen LogP contribution in [0.1, 0.15) is 22.3 Å². The molecule has 0 N–H and O–H groups in total. The summed E-state index contributed by atoms with van der Waals surface area (Å²) >= 11 is 0. The van der Waals surface area contributed by atoms with E-state index in [4.69, 9.17) is 4.84 Å². The first-order valence-electron chi connectivity index (χ1n) is 6.22. The second-order valence-electron chi connectivity index (χ2n) is 4.31. The number of benzene rings is 2. The van der Waals surface area contributed by atoms with Crippen LogP contribution in [-0.2, 0) is 11.4 Å². The van der Waals surface area contributed by atoms with Crippen molar-refractivity contribution in [2.45, 2.75) is 13.5 Å². The van der Waals surface area contributed by atoms with Crippen molar-refractivity contribution in [2.24, 2.45) is 5.16 Å². The molecule has 0 aliphatic rings. The molecule has 0 aliphatic carbocycles. The fourth-order valence-electron chi connectivity index (χ4n) is 1.69. The molecule has 0 aliphatic heterocycles. The van der Waals surface area contributed by atoms with Gasteiger partial charge in [0.05, 0.1) is 6.21 Å².